The first kappa shape index (κ1) is 53.4. The van der Waals surface area contributed by atoms with Gasteiger partial charge in [-0.05, 0) is 37.0 Å². The molecule has 0 aromatic rings. The van der Waals surface area contributed by atoms with Gasteiger partial charge in [-0.2, -0.15) is 0 Å². The molecule has 0 amide bonds. The number of esters is 3. The van der Waals surface area contributed by atoms with Crippen molar-refractivity contribution in [2.45, 2.75) is 266 Å². The van der Waals surface area contributed by atoms with Gasteiger partial charge in [0, 0.05) is 19.3 Å². The fourth-order valence-corrected chi connectivity index (χ4v) is 7.17. The number of hydrogen-bond donors (Lipinski definition) is 0. The van der Waals surface area contributed by atoms with Crippen molar-refractivity contribution in [2.75, 3.05) is 13.2 Å². The largest absolute Gasteiger partial charge is 0.462 e. The lowest BCUT2D eigenvalue weighted by atomic mass is 9.99. The maximum Gasteiger partial charge on any atom is 0.306 e. The summed E-state index contributed by atoms with van der Waals surface area (Å²) in [6.07, 6.45) is 38.0. The van der Waals surface area contributed by atoms with Gasteiger partial charge in [-0.25, -0.2) is 0 Å². The van der Waals surface area contributed by atoms with Crippen LogP contribution in [-0.4, -0.2) is 37.2 Å². The van der Waals surface area contributed by atoms with E-state index < -0.39 is 6.10 Å². The molecule has 0 rings (SSSR count). The second-order valence-electron chi connectivity index (χ2n) is 17.7. The van der Waals surface area contributed by atoms with Gasteiger partial charge in [-0.15, -0.1) is 0 Å². The summed E-state index contributed by atoms with van der Waals surface area (Å²) in [6.45, 7) is 13.7. The minimum absolute atomic E-state index is 0.0664. The highest BCUT2D eigenvalue weighted by molar-refractivity contribution is 5.71. The highest BCUT2D eigenvalue weighted by Crippen LogP contribution is 2.18. The Kier molecular flexibility index (Phi) is 39.4. The van der Waals surface area contributed by atoms with Crippen LogP contribution in [0.25, 0.3) is 0 Å². The molecule has 0 spiro atoms. The maximum absolute atomic E-state index is 12.7. The van der Waals surface area contributed by atoms with Crippen molar-refractivity contribution < 1.29 is 28.6 Å². The van der Waals surface area contributed by atoms with Gasteiger partial charge in [0.15, 0.2) is 6.10 Å². The number of ether oxygens (including phenoxy) is 3. The molecule has 0 radical (unpaired) electrons. The summed E-state index contributed by atoms with van der Waals surface area (Å²) in [5.74, 6) is 1.64. The van der Waals surface area contributed by atoms with Gasteiger partial charge in [0.1, 0.15) is 13.2 Å². The number of carbonyl (C=O) groups excluding carboxylic acids is 3. The second-order valence-corrected chi connectivity index (χ2v) is 17.7. The number of rotatable bonds is 42. The lowest BCUT2D eigenvalue weighted by Gasteiger charge is -2.18. The summed E-state index contributed by atoms with van der Waals surface area (Å²) in [5, 5.41) is 0. The molecule has 0 heterocycles. The van der Waals surface area contributed by atoms with Crippen molar-refractivity contribution in [3.63, 3.8) is 0 Å². The van der Waals surface area contributed by atoms with Crippen molar-refractivity contribution in [3.8, 4) is 0 Å². The number of carbonyl (C=O) groups is 3. The number of hydrogen-bond acceptors (Lipinski definition) is 6. The zero-order chi connectivity index (χ0) is 40.6. The molecular formula is C49H94O6. The third-order valence-electron chi connectivity index (χ3n) is 11.6. The molecule has 6 nitrogen and oxygen atoms in total. The fraction of sp³-hybridized carbons (Fsp3) is 0.939. The minimum atomic E-state index is -0.763. The van der Waals surface area contributed by atoms with Gasteiger partial charge in [0.2, 0.25) is 0 Å². The Labute approximate surface area is 342 Å². The SMILES string of the molecule is CCC(C)CCCCCCCCCCCCC(=O)OC[C@H](COC(=O)CCCCCCCCCCCCC(C)C)OC(=O)CCCCCCCCC(C)CC. The third-order valence-corrected chi connectivity index (χ3v) is 11.6. The standard InChI is InChI=1S/C49H94O6/c1-7-44(5)36-30-24-18-14-10-12-16-20-27-33-39-48(51)54-42-46(55-49(52)40-34-28-22-21-25-31-37-45(6)8-2)41-53-47(50)38-32-26-19-15-11-9-13-17-23-29-35-43(3)4/h43-46H,7-42H2,1-6H3/t44?,45?,46-/m0/s1. The van der Waals surface area contributed by atoms with Crippen molar-refractivity contribution in [2.24, 2.45) is 17.8 Å². The summed E-state index contributed by atoms with van der Waals surface area (Å²) in [4.78, 5) is 37.8. The van der Waals surface area contributed by atoms with Crippen LogP contribution in [0.2, 0.25) is 0 Å². The predicted molar refractivity (Wildman–Crippen MR) is 233 cm³/mol. The normalized spacial score (nSPS) is 13.1. The molecule has 0 saturated heterocycles. The zero-order valence-electron chi connectivity index (χ0n) is 37.7. The van der Waals surface area contributed by atoms with E-state index in [0.29, 0.717) is 19.3 Å². The molecule has 0 aliphatic rings. The highest BCUT2D eigenvalue weighted by Gasteiger charge is 2.19. The van der Waals surface area contributed by atoms with Crippen LogP contribution in [0.15, 0.2) is 0 Å². The van der Waals surface area contributed by atoms with Crippen molar-refractivity contribution >= 4 is 17.9 Å². The average Bonchev–Trinajstić information content (AvgIpc) is 3.17. The predicted octanol–water partition coefficient (Wildman–Crippen LogP) is 15.2. The summed E-state index contributed by atoms with van der Waals surface area (Å²) >= 11 is 0. The molecule has 0 aromatic heterocycles. The fourth-order valence-electron chi connectivity index (χ4n) is 7.17. The molecule has 6 heteroatoms. The van der Waals surface area contributed by atoms with Crippen LogP contribution in [0.1, 0.15) is 260 Å². The van der Waals surface area contributed by atoms with Gasteiger partial charge in [0.05, 0.1) is 0 Å². The van der Waals surface area contributed by atoms with E-state index in [1.807, 2.05) is 0 Å². The molecule has 0 bridgehead atoms. The van der Waals surface area contributed by atoms with Crippen LogP contribution >= 0.6 is 0 Å². The Hall–Kier alpha value is -1.59. The van der Waals surface area contributed by atoms with Gasteiger partial charge >= 0.3 is 17.9 Å². The Balaban J connectivity index is 4.33. The van der Waals surface area contributed by atoms with Crippen LogP contribution in [0.3, 0.4) is 0 Å². The molecule has 3 atom stereocenters. The summed E-state index contributed by atoms with van der Waals surface area (Å²) in [6, 6.07) is 0. The van der Waals surface area contributed by atoms with E-state index in [1.165, 1.54) is 141 Å². The summed E-state index contributed by atoms with van der Waals surface area (Å²) < 4.78 is 16.7. The minimum Gasteiger partial charge on any atom is -0.462 e. The zero-order valence-corrected chi connectivity index (χ0v) is 37.7. The second kappa shape index (κ2) is 40.6. The number of unbranched alkanes of at least 4 members (excludes halogenated alkanes) is 23. The highest BCUT2D eigenvalue weighted by atomic mass is 16.6. The van der Waals surface area contributed by atoms with E-state index in [9.17, 15) is 14.4 Å². The molecular weight excluding hydrogens is 685 g/mol. The van der Waals surface area contributed by atoms with E-state index in [0.717, 1.165) is 75.5 Å². The third kappa shape index (κ3) is 40.4. The van der Waals surface area contributed by atoms with Crippen molar-refractivity contribution in [1.29, 1.82) is 0 Å². The molecule has 326 valence electrons. The quantitative estimate of drug-likeness (QED) is 0.0349. The molecule has 55 heavy (non-hydrogen) atoms. The topological polar surface area (TPSA) is 78.9 Å². The Bertz CT molecular complexity index is 856. The van der Waals surface area contributed by atoms with E-state index in [1.54, 1.807) is 0 Å². The lowest BCUT2D eigenvalue weighted by molar-refractivity contribution is -0.167. The van der Waals surface area contributed by atoms with Crippen LogP contribution in [-0.2, 0) is 28.6 Å². The Morgan fingerprint density at radius 3 is 0.945 bits per heavy atom. The molecule has 0 fully saturated rings. The van der Waals surface area contributed by atoms with E-state index in [2.05, 4.69) is 41.5 Å². The van der Waals surface area contributed by atoms with Crippen LogP contribution < -0.4 is 0 Å². The average molecular weight is 779 g/mol. The molecule has 0 saturated carbocycles. The van der Waals surface area contributed by atoms with Crippen LogP contribution in [0.4, 0.5) is 0 Å². The van der Waals surface area contributed by atoms with Gasteiger partial charge < -0.3 is 14.2 Å². The summed E-state index contributed by atoms with van der Waals surface area (Å²) in [5.41, 5.74) is 0. The molecule has 0 aliphatic carbocycles. The van der Waals surface area contributed by atoms with Crippen LogP contribution in [0.5, 0.6) is 0 Å². The molecule has 2 unspecified atom stereocenters. The first-order valence-electron chi connectivity index (χ1n) is 24.2. The smallest absolute Gasteiger partial charge is 0.306 e. The lowest BCUT2D eigenvalue weighted by Crippen LogP contribution is -2.30. The van der Waals surface area contributed by atoms with Crippen molar-refractivity contribution in [1.82, 2.24) is 0 Å². The summed E-state index contributed by atoms with van der Waals surface area (Å²) in [7, 11) is 0. The first-order valence-corrected chi connectivity index (χ1v) is 24.2. The van der Waals surface area contributed by atoms with E-state index >= 15 is 0 Å². The van der Waals surface area contributed by atoms with E-state index in [4.69, 9.17) is 14.2 Å². The molecule has 0 aromatic carbocycles. The maximum atomic E-state index is 12.7. The monoisotopic (exact) mass is 779 g/mol. The van der Waals surface area contributed by atoms with Gasteiger partial charge in [-0.3, -0.25) is 14.4 Å². The van der Waals surface area contributed by atoms with Gasteiger partial charge in [-0.1, -0.05) is 221 Å². The van der Waals surface area contributed by atoms with Crippen LogP contribution in [0, 0.1) is 17.8 Å². The first-order chi connectivity index (χ1) is 26.7. The molecule has 0 aliphatic heterocycles. The van der Waals surface area contributed by atoms with Gasteiger partial charge in [0.25, 0.3) is 0 Å². The van der Waals surface area contributed by atoms with E-state index in [-0.39, 0.29) is 31.1 Å². The molecule has 0 N–H and O–H groups in total. The van der Waals surface area contributed by atoms with Crippen molar-refractivity contribution in [3.05, 3.63) is 0 Å². The Morgan fingerprint density at radius 2 is 0.636 bits per heavy atom. The Morgan fingerprint density at radius 1 is 0.364 bits per heavy atom.